The van der Waals surface area contributed by atoms with Crippen LogP contribution in [0.4, 0.5) is 17.1 Å². The maximum Gasteiger partial charge on any atom is 0.244 e. The Labute approximate surface area is 164 Å². The molecule has 2 aromatic carbocycles. The van der Waals surface area contributed by atoms with Gasteiger partial charge in [-0.1, -0.05) is 11.6 Å². The van der Waals surface area contributed by atoms with Gasteiger partial charge in [0, 0.05) is 18.8 Å². The molecule has 0 bridgehead atoms. The van der Waals surface area contributed by atoms with E-state index >= 15 is 0 Å². The first kappa shape index (κ1) is 19.3. The Morgan fingerprint density at radius 2 is 1.89 bits per heavy atom. The number of benzene rings is 2. The van der Waals surface area contributed by atoms with E-state index in [1.165, 1.54) is 0 Å². The fourth-order valence-corrected chi connectivity index (χ4v) is 3.62. The number of anilines is 1. The van der Waals surface area contributed by atoms with E-state index < -0.39 is 0 Å². The van der Waals surface area contributed by atoms with Crippen molar-refractivity contribution in [3.05, 3.63) is 47.2 Å². The average Bonchev–Trinajstić information content (AvgIpc) is 2.95. The summed E-state index contributed by atoms with van der Waals surface area (Å²) in [5, 5.41) is 18.9. The number of halogens is 1. The molecule has 0 saturated heterocycles. The Balaban J connectivity index is 1.95. The second kappa shape index (κ2) is 8.06. The zero-order valence-electron chi connectivity index (χ0n) is 16.1. The van der Waals surface area contributed by atoms with Crippen molar-refractivity contribution in [1.29, 1.82) is 0 Å². The van der Waals surface area contributed by atoms with E-state index in [0.29, 0.717) is 11.6 Å². The fraction of sp³-hybridized carbons (Fsp3) is 0.350. The molecule has 0 amide bonds. The third-order valence-electron chi connectivity index (χ3n) is 4.70. The molecule has 27 heavy (non-hydrogen) atoms. The highest BCUT2D eigenvalue weighted by Crippen LogP contribution is 2.32. The van der Waals surface area contributed by atoms with Crippen molar-refractivity contribution in [2.24, 2.45) is 24.3 Å². The Morgan fingerprint density at radius 3 is 2.56 bits per heavy atom. The van der Waals surface area contributed by atoms with Crippen molar-refractivity contribution in [1.82, 2.24) is 4.57 Å². The predicted octanol–water partition coefficient (Wildman–Crippen LogP) is 4.20. The number of aryl methyl sites for hydroxylation is 3. The van der Waals surface area contributed by atoms with Crippen molar-refractivity contribution >= 4 is 39.7 Å². The zero-order valence-corrected chi connectivity index (χ0v) is 16.9. The average molecular weight is 387 g/mol. The molecular formula is C20H25ClN5O+. The molecule has 0 saturated carbocycles. The van der Waals surface area contributed by atoms with E-state index in [2.05, 4.69) is 28.1 Å². The van der Waals surface area contributed by atoms with Crippen LogP contribution in [0.5, 0.6) is 0 Å². The number of hydrogen-bond acceptors (Lipinski definition) is 4. The summed E-state index contributed by atoms with van der Waals surface area (Å²) in [4.78, 5) is 2.13. The van der Waals surface area contributed by atoms with Crippen LogP contribution in [0.3, 0.4) is 0 Å². The summed E-state index contributed by atoms with van der Waals surface area (Å²) in [7, 11) is 3.93. The maximum atomic E-state index is 9.21. The number of aliphatic hydroxyl groups is 1. The van der Waals surface area contributed by atoms with Crippen LogP contribution in [0.25, 0.3) is 11.0 Å². The molecule has 142 valence electrons. The Hall–Kier alpha value is -2.44. The second-order valence-corrected chi connectivity index (χ2v) is 6.98. The van der Waals surface area contributed by atoms with Crippen LogP contribution < -0.4 is 9.47 Å². The number of likely N-dealkylation sites (N-methyl/N-ethyl adjacent to an activating group) is 1. The van der Waals surface area contributed by atoms with Gasteiger partial charge < -0.3 is 10.0 Å². The number of azo groups is 1. The lowest BCUT2D eigenvalue weighted by Crippen LogP contribution is -2.26. The highest BCUT2D eigenvalue weighted by atomic mass is 35.5. The molecule has 7 heteroatoms. The van der Waals surface area contributed by atoms with Crippen molar-refractivity contribution in [3.8, 4) is 0 Å². The molecule has 1 aromatic heterocycles. The van der Waals surface area contributed by atoms with Gasteiger partial charge in [0.15, 0.2) is 5.52 Å². The zero-order chi connectivity index (χ0) is 19.6. The van der Waals surface area contributed by atoms with Crippen LogP contribution in [-0.4, -0.2) is 29.4 Å². The first-order valence-electron chi connectivity index (χ1n) is 8.97. The molecule has 0 radical (unpaired) electrons. The van der Waals surface area contributed by atoms with E-state index in [0.717, 1.165) is 40.2 Å². The minimum absolute atomic E-state index is 0.134. The molecule has 3 rings (SSSR count). The molecule has 0 fully saturated rings. The maximum absolute atomic E-state index is 9.21. The molecule has 6 nitrogen and oxygen atoms in total. The van der Waals surface area contributed by atoms with Gasteiger partial charge in [-0.05, 0) is 49.7 Å². The van der Waals surface area contributed by atoms with E-state index in [4.69, 9.17) is 11.6 Å². The van der Waals surface area contributed by atoms with Crippen molar-refractivity contribution in [3.63, 3.8) is 0 Å². The summed E-state index contributed by atoms with van der Waals surface area (Å²) in [5.74, 6) is 0. The number of fused-ring (bicyclic) bond motifs is 1. The summed E-state index contributed by atoms with van der Waals surface area (Å²) in [6, 6.07) is 9.79. The third-order valence-corrected chi connectivity index (χ3v) is 5.00. The van der Waals surface area contributed by atoms with Gasteiger partial charge in [0.2, 0.25) is 11.8 Å². The summed E-state index contributed by atoms with van der Waals surface area (Å²) >= 11 is 6.35. The molecule has 1 heterocycles. The summed E-state index contributed by atoms with van der Waals surface area (Å²) in [5.41, 5.74) is 5.59. The lowest BCUT2D eigenvalue weighted by molar-refractivity contribution is -0.645. The van der Waals surface area contributed by atoms with Crippen LogP contribution >= 0.6 is 11.6 Å². The molecule has 1 N–H and O–H groups in total. The van der Waals surface area contributed by atoms with Gasteiger partial charge in [-0.25, -0.2) is 9.13 Å². The number of nitrogens with zero attached hydrogens (tertiary/aromatic N) is 5. The smallest absolute Gasteiger partial charge is 0.244 e. The molecule has 0 spiro atoms. The number of rotatable bonds is 6. The topological polar surface area (TPSA) is 57.0 Å². The molecule has 0 atom stereocenters. The van der Waals surface area contributed by atoms with Gasteiger partial charge in [0.1, 0.15) is 5.69 Å². The highest BCUT2D eigenvalue weighted by Gasteiger charge is 2.18. The number of imidazole rings is 1. The van der Waals surface area contributed by atoms with E-state index in [1.54, 1.807) is 0 Å². The van der Waals surface area contributed by atoms with Crippen molar-refractivity contribution < 1.29 is 9.67 Å². The first-order valence-corrected chi connectivity index (χ1v) is 9.35. The van der Waals surface area contributed by atoms with Crippen LogP contribution in [-0.2, 0) is 14.1 Å². The van der Waals surface area contributed by atoms with Gasteiger partial charge in [0.05, 0.1) is 31.4 Å². The molecule has 0 aliphatic carbocycles. The van der Waals surface area contributed by atoms with Crippen LogP contribution in [0.2, 0.25) is 5.02 Å². The Kier molecular flexibility index (Phi) is 5.77. The van der Waals surface area contributed by atoms with Crippen molar-refractivity contribution in [2.75, 3.05) is 24.6 Å². The monoisotopic (exact) mass is 386 g/mol. The molecule has 3 aromatic rings. The number of aliphatic hydroxyl groups excluding tert-OH is 1. The molecule has 0 unspecified atom stereocenters. The minimum Gasteiger partial charge on any atom is -0.395 e. The minimum atomic E-state index is 0.134. The first-order chi connectivity index (χ1) is 13.0. The Bertz CT molecular complexity index is 996. The lowest BCUT2D eigenvalue weighted by atomic mass is 10.1. The summed E-state index contributed by atoms with van der Waals surface area (Å²) in [6.07, 6.45) is 1.97. The van der Waals surface area contributed by atoms with Crippen LogP contribution in [0.15, 0.2) is 46.9 Å². The third kappa shape index (κ3) is 3.82. The quantitative estimate of drug-likeness (QED) is 0.510. The Morgan fingerprint density at radius 1 is 1.19 bits per heavy atom. The summed E-state index contributed by atoms with van der Waals surface area (Å²) in [6.45, 7) is 5.68. The standard InChI is InChI=1S/C20H25ClN5O/c1-5-26(10-11-27)15-6-8-17(14(2)12-15)22-23-18-9-7-16(21)19-20(18)25(4)13-24(19)3/h6-9,12-13,27H,5,10-11H2,1-4H3/q+1. The van der Waals surface area contributed by atoms with E-state index in [9.17, 15) is 5.11 Å². The van der Waals surface area contributed by atoms with Gasteiger partial charge in [0.25, 0.3) is 0 Å². The van der Waals surface area contributed by atoms with Gasteiger partial charge >= 0.3 is 0 Å². The normalized spacial score (nSPS) is 11.6. The molecule has 0 aliphatic rings. The molecule has 0 aliphatic heterocycles. The number of aromatic nitrogens is 2. The van der Waals surface area contributed by atoms with Gasteiger partial charge in [-0.2, -0.15) is 5.11 Å². The van der Waals surface area contributed by atoms with Crippen molar-refractivity contribution in [2.45, 2.75) is 13.8 Å². The predicted molar refractivity (Wildman–Crippen MR) is 109 cm³/mol. The highest BCUT2D eigenvalue weighted by molar-refractivity contribution is 6.34. The summed E-state index contributed by atoms with van der Waals surface area (Å²) < 4.78 is 3.98. The van der Waals surface area contributed by atoms with Crippen LogP contribution in [0.1, 0.15) is 12.5 Å². The SMILES string of the molecule is CCN(CCO)c1ccc(N=Nc2ccc(Cl)c3c2n(C)c[n+]3C)c(C)c1. The number of hydrogen-bond donors (Lipinski definition) is 1. The fourth-order valence-electron chi connectivity index (χ4n) is 3.33. The van der Waals surface area contributed by atoms with Gasteiger partial charge in [-0.15, -0.1) is 5.11 Å². The molecular weight excluding hydrogens is 362 g/mol. The van der Waals surface area contributed by atoms with E-state index in [-0.39, 0.29) is 6.61 Å². The lowest BCUT2D eigenvalue weighted by Gasteiger charge is -2.22. The van der Waals surface area contributed by atoms with Crippen LogP contribution in [0, 0.1) is 6.92 Å². The largest absolute Gasteiger partial charge is 0.395 e. The second-order valence-electron chi connectivity index (χ2n) is 6.58. The van der Waals surface area contributed by atoms with E-state index in [1.807, 2.05) is 60.7 Å². The van der Waals surface area contributed by atoms with Gasteiger partial charge in [-0.3, -0.25) is 0 Å².